The molecule has 0 aliphatic rings. The van der Waals surface area contributed by atoms with Crippen molar-refractivity contribution in [3.63, 3.8) is 0 Å². The Hall–Kier alpha value is -3.32. The van der Waals surface area contributed by atoms with Crippen LogP contribution in [0.25, 0.3) is 11.3 Å². The van der Waals surface area contributed by atoms with Crippen LogP contribution < -0.4 is 9.47 Å². The molecule has 7 nitrogen and oxygen atoms in total. The summed E-state index contributed by atoms with van der Waals surface area (Å²) in [7, 11) is 5.15. The van der Waals surface area contributed by atoms with Gasteiger partial charge < -0.3 is 19.1 Å². The molecule has 0 aliphatic heterocycles. The largest absolute Gasteiger partial charge is 0.497 e. The van der Waals surface area contributed by atoms with Gasteiger partial charge in [-0.3, -0.25) is 9.69 Å². The second-order valence-electron chi connectivity index (χ2n) is 7.27. The van der Waals surface area contributed by atoms with Gasteiger partial charge in [0, 0.05) is 11.6 Å². The number of carboxylic acids is 1. The third-order valence-electron chi connectivity index (χ3n) is 4.89. The molecule has 0 fully saturated rings. The zero-order valence-corrected chi connectivity index (χ0v) is 17.5. The number of carbonyl (C=O) groups is 1. The lowest BCUT2D eigenvalue weighted by Gasteiger charge is -2.20. The predicted molar refractivity (Wildman–Crippen MR) is 113 cm³/mol. The predicted octanol–water partition coefficient (Wildman–Crippen LogP) is 4.05. The number of carboxylic acid groups (broad SMARTS) is 1. The maximum atomic E-state index is 11.4. The Morgan fingerprint density at radius 1 is 1.10 bits per heavy atom. The van der Waals surface area contributed by atoms with Crippen LogP contribution >= 0.6 is 0 Å². The average Bonchev–Trinajstić information content (AvgIpc) is 3.23. The van der Waals surface area contributed by atoms with Gasteiger partial charge in [-0.2, -0.15) is 0 Å². The molecule has 0 saturated carbocycles. The lowest BCUT2D eigenvalue weighted by Crippen LogP contribution is -2.37. The van der Waals surface area contributed by atoms with Gasteiger partial charge in [-0.05, 0) is 69.4 Å². The molecule has 0 aliphatic carbocycles. The van der Waals surface area contributed by atoms with E-state index in [2.05, 4.69) is 5.16 Å². The summed E-state index contributed by atoms with van der Waals surface area (Å²) in [4.78, 5) is 13.1. The summed E-state index contributed by atoms with van der Waals surface area (Å²) in [5, 5.41) is 13.5. The highest BCUT2D eigenvalue weighted by Crippen LogP contribution is 2.27. The van der Waals surface area contributed by atoms with Crippen LogP contribution in [0.15, 0.2) is 59.1 Å². The molecule has 1 N–H and O–H groups in total. The fraction of sp³-hybridized carbons (Fsp3) is 0.304. The summed E-state index contributed by atoms with van der Waals surface area (Å²) < 4.78 is 16.6. The number of aromatic nitrogens is 1. The molecule has 1 aromatic heterocycles. The van der Waals surface area contributed by atoms with Crippen molar-refractivity contribution in [3.05, 3.63) is 65.9 Å². The van der Waals surface area contributed by atoms with Crippen LogP contribution in [0, 0.1) is 0 Å². The quantitative estimate of drug-likeness (QED) is 0.570. The first-order chi connectivity index (χ1) is 14.4. The zero-order valence-electron chi connectivity index (χ0n) is 17.5. The summed E-state index contributed by atoms with van der Waals surface area (Å²) in [6.45, 7) is 1.89. The first kappa shape index (κ1) is 21.4. The number of methoxy groups -OCH3 is 1. The van der Waals surface area contributed by atoms with Crippen molar-refractivity contribution in [2.75, 3.05) is 21.2 Å². The van der Waals surface area contributed by atoms with Gasteiger partial charge in [-0.25, -0.2) is 0 Å². The first-order valence-electron chi connectivity index (χ1n) is 9.63. The monoisotopic (exact) mass is 410 g/mol. The van der Waals surface area contributed by atoms with E-state index in [9.17, 15) is 9.90 Å². The van der Waals surface area contributed by atoms with E-state index >= 15 is 0 Å². The highest BCUT2D eigenvalue weighted by atomic mass is 16.5. The molecule has 0 amide bonds. The van der Waals surface area contributed by atoms with Crippen LogP contribution in [0.4, 0.5) is 0 Å². The number of aliphatic carboxylic acids is 1. The van der Waals surface area contributed by atoms with E-state index in [1.54, 1.807) is 26.1 Å². The molecule has 30 heavy (non-hydrogen) atoms. The number of hydrogen-bond donors (Lipinski definition) is 1. The summed E-state index contributed by atoms with van der Waals surface area (Å²) in [5.74, 6) is 1.23. The number of ether oxygens (including phenoxy) is 2. The lowest BCUT2D eigenvalue weighted by molar-refractivity contribution is -0.142. The van der Waals surface area contributed by atoms with Crippen molar-refractivity contribution in [2.45, 2.75) is 25.5 Å². The first-order valence-corrected chi connectivity index (χ1v) is 9.63. The Balaban J connectivity index is 1.64. The van der Waals surface area contributed by atoms with E-state index in [-0.39, 0.29) is 6.10 Å². The number of benzene rings is 2. The van der Waals surface area contributed by atoms with Gasteiger partial charge in [0.1, 0.15) is 23.2 Å². The third-order valence-corrected chi connectivity index (χ3v) is 4.89. The summed E-state index contributed by atoms with van der Waals surface area (Å²) in [6, 6.07) is 16.3. The van der Waals surface area contributed by atoms with Crippen LogP contribution in [0.3, 0.4) is 0 Å². The van der Waals surface area contributed by atoms with Crippen molar-refractivity contribution < 1.29 is 23.9 Å². The normalized spacial score (nSPS) is 13.1. The van der Waals surface area contributed by atoms with Crippen LogP contribution in [0.5, 0.6) is 11.5 Å². The maximum Gasteiger partial charge on any atom is 0.321 e. The fourth-order valence-corrected chi connectivity index (χ4v) is 3.06. The molecule has 7 heteroatoms. The number of likely N-dealkylation sites (N-methyl/N-ethyl adjacent to an activating group) is 1. The SMILES string of the molecule is COc1ccc(-c2cc([C@H](C)Oc3ccc(C[C@@H](C(=O)O)N(C)C)cc3)on2)cc1. The molecule has 3 rings (SSSR count). The smallest absolute Gasteiger partial charge is 0.321 e. The van der Waals surface area contributed by atoms with Crippen molar-refractivity contribution in [3.8, 4) is 22.8 Å². The van der Waals surface area contributed by atoms with E-state index in [4.69, 9.17) is 14.0 Å². The van der Waals surface area contributed by atoms with Gasteiger partial charge in [-0.1, -0.05) is 17.3 Å². The van der Waals surface area contributed by atoms with E-state index < -0.39 is 12.0 Å². The number of rotatable bonds is 9. The van der Waals surface area contributed by atoms with E-state index in [0.29, 0.717) is 17.9 Å². The molecule has 158 valence electrons. The molecular formula is C23H26N2O5. The Morgan fingerprint density at radius 3 is 2.30 bits per heavy atom. The summed E-state index contributed by atoms with van der Waals surface area (Å²) >= 11 is 0. The minimum atomic E-state index is -0.841. The molecule has 0 saturated heterocycles. The molecule has 0 unspecified atom stereocenters. The molecule has 3 aromatic rings. The minimum Gasteiger partial charge on any atom is -0.497 e. The van der Waals surface area contributed by atoms with Gasteiger partial charge >= 0.3 is 5.97 Å². The fourth-order valence-electron chi connectivity index (χ4n) is 3.06. The Kier molecular flexibility index (Phi) is 6.74. The van der Waals surface area contributed by atoms with Crippen molar-refractivity contribution >= 4 is 5.97 Å². The topological polar surface area (TPSA) is 85.0 Å². The summed E-state index contributed by atoms with van der Waals surface area (Å²) in [6.07, 6.45) is 0.0924. The molecule has 0 spiro atoms. The number of hydrogen-bond acceptors (Lipinski definition) is 6. The molecular weight excluding hydrogens is 384 g/mol. The Morgan fingerprint density at radius 2 is 1.73 bits per heavy atom. The van der Waals surface area contributed by atoms with Gasteiger partial charge in [0.25, 0.3) is 0 Å². The summed E-state index contributed by atoms with van der Waals surface area (Å²) in [5.41, 5.74) is 2.58. The van der Waals surface area contributed by atoms with Gasteiger partial charge in [-0.15, -0.1) is 0 Å². The Bertz CT molecular complexity index is 964. The van der Waals surface area contributed by atoms with E-state index in [1.165, 1.54) is 0 Å². The van der Waals surface area contributed by atoms with Crippen LogP contribution in [0.1, 0.15) is 24.4 Å². The zero-order chi connectivity index (χ0) is 21.7. The maximum absolute atomic E-state index is 11.4. The molecule has 1 heterocycles. The van der Waals surface area contributed by atoms with Crippen LogP contribution in [0.2, 0.25) is 0 Å². The van der Waals surface area contributed by atoms with Crippen molar-refractivity contribution in [1.29, 1.82) is 0 Å². The molecule has 0 radical (unpaired) electrons. The minimum absolute atomic E-state index is 0.330. The van der Waals surface area contributed by atoms with Crippen LogP contribution in [-0.2, 0) is 11.2 Å². The lowest BCUT2D eigenvalue weighted by atomic mass is 10.1. The molecule has 2 atom stereocenters. The van der Waals surface area contributed by atoms with Crippen molar-refractivity contribution in [2.24, 2.45) is 0 Å². The van der Waals surface area contributed by atoms with E-state index in [0.717, 1.165) is 22.6 Å². The van der Waals surface area contributed by atoms with Gasteiger partial charge in [0.15, 0.2) is 11.9 Å². The second-order valence-corrected chi connectivity index (χ2v) is 7.27. The average molecular weight is 410 g/mol. The Labute approximate surface area is 175 Å². The van der Waals surface area contributed by atoms with Gasteiger partial charge in [0.2, 0.25) is 0 Å². The van der Waals surface area contributed by atoms with Crippen molar-refractivity contribution in [1.82, 2.24) is 10.1 Å². The second kappa shape index (κ2) is 9.45. The van der Waals surface area contributed by atoms with E-state index in [1.807, 2.05) is 61.5 Å². The highest BCUT2D eigenvalue weighted by Gasteiger charge is 2.20. The highest BCUT2D eigenvalue weighted by molar-refractivity contribution is 5.73. The number of nitrogens with zero attached hydrogens (tertiary/aromatic N) is 2. The van der Waals surface area contributed by atoms with Crippen LogP contribution in [-0.4, -0.2) is 48.4 Å². The van der Waals surface area contributed by atoms with Gasteiger partial charge in [0.05, 0.1) is 7.11 Å². The standard InChI is InChI=1S/C23H26N2O5/c1-15(22-14-20(24-30-22)17-7-11-18(28-4)12-8-17)29-19-9-5-16(6-10-19)13-21(23(26)27)25(2)3/h5-12,14-15,21H,13H2,1-4H3,(H,26,27)/t15-,21-/m0/s1. The molecule has 2 aromatic carbocycles. The third kappa shape index (κ3) is 5.18. The molecule has 0 bridgehead atoms.